The lowest BCUT2D eigenvalue weighted by molar-refractivity contribution is 0.284. The Balaban J connectivity index is 2.32. The summed E-state index contributed by atoms with van der Waals surface area (Å²) in [6, 6.07) is 17.1. The Kier molecular flexibility index (Phi) is 5.39. The molecule has 0 atom stereocenters. The van der Waals surface area contributed by atoms with Gasteiger partial charge in [0.25, 0.3) is 0 Å². The van der Waals surface area contributed by atoms with Crippen molar-refractivity contribution < 1.29 is 9.47 Å². The molecule has 0 unspecified atom stereocenters. The Morgan fingerprint density at radius 3 is 2.39 bits per heavy atom. The molecule has 0 saturated heterocycles. The van der Waals surface area contributed by atoms with Gasteiger partial charge in [-0.2, -0.15) is 10.5 Å². The summed E-state index contributed by atoms with van der Waals surface area (Å²) in [6.45, 7) is 2.40. The van der Waals surface area contributed by atoms with Crippen molar-refractivity contribution in [3.05, 3.63) is 64.7 Å². The van der Waals surface area contributed by atoms with E-state index in [9.17, 15) is 0 Å². The van der Waals surface area contributed by atoms with Crippen molar-refractivity contribution >= 4 is 6.08 Å². The van der Waals surface area contributed by atoms with E-state index in [-0.39, 0.29) is 5.57 Å². The van der Waals surface area contributed by atoms with E-state index < -0.39 is 0 Å². The van der Waals surface area contributed by atoms with Crippen LogP contribution in [0.15, 0.2) is 48.0 Å². The molecule has 0 bridgehead atoms. The minimum absolute atomic E-state index is 0.0124. The minimum atomic E-state index is 0.0124. The van der Waals surface area contributed by atoms with Crippen molar-refractivity contribution in [2.45, 2.75) is 13.5 Å². The normalized spacial score (nSPS) is 9.39. The molecule has 4 heteroatoms. The van der Waals surface area contributed by atoms with Crippen molar-refractivity contribution in [3.63, 3.8) is 0 Å². The smallest absolute Gasteiger partial charge is 0.168 e. The van der Waals surface area contributed by atoms with E-state index in [0.717, 1.165) is 5.56 Å². The minimum Gasteiger partial charge on any atom is -0.493 e. The largest absolute Gasteiger partial charge is 0.493 e. The van der Waals surface area contributed by atoms with Crippen molar-refractivity contribution in [2.75, 3.05) is 7.11 Å². The van der Waals surface area contributed by atoms with Crippen LogP contribution in [-0.4, -0.2) is 7.11 Å². The first kappa shape index (κ1) is 16.1. The summed E-state index contributed by atoms with van der Waals surface area (Å²) in [6.07, 6.45) is 1.49. The van der Waals surface area contributed by atoms with E-state index >= 15 is 0 Å². The second-order valence-electron chi connectivity index (χ2n) is 4.93. The van der Waals surface area contributed by atoms with Crippen LogP contribution in [0.5, 0.6) is 11.5 Å². The fraction of sp³-hybridized carbons (Fsp3) is 0.158. The zero-order chi connectivity index (χ0) is 16.7. The molecule has 4 nitrogen and oxygen atoms in total. The number of rotatable bonds is 5. The van der Waals surface area contributed by atoms with Crippen molar-refractivity contribution in [1.29, 1.82) is 10.5 Å². The predicted octanol–water partition coefficient (Wildman–Crippen LogP) is 4.01. The van der Waals surface area contributed by atoms with Crippen LogP contribution in [-0.2, 0) is 6.61 Å². The van der Waals surface area contributed by atoms with E-state index in [1.165, 1.54) is 11.6 Å². The van der Waals surface area contributed by atoms with E-state index in [1.807, 2.05) is 43.3 Å². The predicted molar refractivity (Wildman–Crippen MR) is 87.7 cm³/mol. The molecule has 0 amide bonds. The number of nitriles is 2. The third-order valence-electron chi connectivity index (χ3n) is 3.27. The monoisotopic (exact) mass is 304 g/mol. The average molecular weight is 304 g/mol. The molecule has 2 aromatic rings. The Hall–Kier alpha value is -3.24. The van der Waals surface area contributed by atoms with Gasteiger partial charge in [-0.15, -0.1) is 0 Å². The number of methoxy groups -OCH3 is 1. The van der Waals surface area contributed by atoms with Crippen LogP contribution in [0.2, 0.25) is 0 Å². The van der Waals surface area contributed by atoms with Gasteiger partial charge in [-0.1, -0.05) is 42.0 Å². The van der Waals surface area contributed by atoms with Gasteiger partial charge in [0.15, 0.2) is 11.5 Å². The molecule has 23 heavy (non-hydrogen) atoms. The summed E-state index contributed by atoms with van der Waals surface area (Å²) in [5.74, 6) is 1.07. The van der Waals surface area contributed by atoms with Gasteiger partial charge in [-0.3, -0.25) is 0 Å². The van der Waals surface area contributed by atoms with Crippen molar-refractivity contribution in [2.24, 2.45) is 0 Å². The zero-order valence-corrected chi connectivity index (χ0v) is 13.0. The molecule has 0 heterocycles. The fourth-order valence-corrected chi connectivity index (χ4v) is 2.05. The maximum atomic E-state index is 8.93. The van der Waals surface area contributed by atoms with Gasteiger partial charge in [0.1, 0.15) is 24.3 Å². The molecule has 0 fully saturated rings. The first-order chi connectivity index (χ1) is 11.2. The van der Waals surface area contributed by atoms with Gasteiger partial charge >= 0.3 is 0 Å². The SMILES string of the molecule is COc1cccc(C=C(C#N)C#N)c1OCc1ccc(C)cc1. The molecule has 0 aromatic heterocycles. The molecular formula is C19H16N2O2. The summed E-state index contributed by atoms with van der Waals surface area (Å²) in [5.41, 5.74) is 2.85. The fourth-order valence-electron chi connectivity index (χ4n) is 2.05. The molecular weight excluding hydrogens is 288 g/mol. The van der Waals surface area contributed by atoms with Gasteiger partial charge in [-0.25, -0.2) is 0 Å². The van der Waals surface area contributed by atoms with Crippen LogP contribution in [0.4, 0.5) is 0 Å². The van der Waals surface area contributed by atoms with Gasteiger partial charge in [-0.05, 0) is 24.6 Å². The van der Waals surface area contributed by atoms with Crippen LogP contribution in [0.3, 0.4) is 0 Å². The van der Waals surface area contributed by atoms with E-state index in [1.54, 1.807) is 25.3 Å². The molecule has 0 N–H and O–H groups in total. The van der Waals surface area contributed by atoms with Crippen molar-refractivity contribution in [3.8, 4) is 23.6 Å². The first-order valence-corrected chi connectivity index (χ1v) is 7.05. The van der Waals surface area contributed by atoms with Crippen molar-refractivity contribution in [1.82, 2.24) is 0 Å². The van der Waals surface area contributed by atoms with Crippen LogP contribution in [0, 0.1) is 29.6 Å². The number of hydrogen-bond acceptors (Lipinski definition) is 4. The molecule has 0 spiro atoms. The number of ether oxygens (including phenoxy) is 2. The number of nitrogens with zero attached hydrogens (tertiary/aromatic N) is 2. The quantitative estimate of drug-likeness (QED) is 0.783. The van der Waals surface area contributed by atoms with Crippen LogP contribution in [0.25, 0.3) is 6.08 Å². The molecule has 0 saturated carbocycles. The third kappa shape index (κ3) is 4.12. The number of benzene rings is 2. The van der Waals surface area contributed by atoms with Gasteiger partial charge in [0.2, 0.25) is 0 Å². The number of aryl methyl sites for hydroxylation is 1. The third-order valence-corrected chi connectivity index (χ3v) is 3.27. The lowest BCUT2D eigenvalue weighted by Gasteiger charge is -2.13. The number of hydrogen-bond donors (Lipinski definition) is 0. The average Bonchev–Trinajstić information content (AvgIpc) is 2.59. The zero-order valence-electron chi connectivity index (χ0n) is 13.0. The highest BCUT2D eigenvalue weighted by molar-refractivity contribution is 5.69. The Labute approximate surface area is 135 Å². The Morgan fingerprint density at radius 1 is 1.09 bits per heavy atom. The summed E-state index contributed by atoms with van der Waals surface area (Å²) >= 11 is 0. The summed E-state index contributed by atoms with van der Waals surface area (Å²) in [7, 11) is 1.55. The molecule has 2 rings (SSSR count). The van der Waals surface area contributed by atoms with E-state index in [2.05, 4.69) is 0 Å². The lowest BCUT2D eigenvalue weighted by Crippen LogP contribution is -1.99. The maximum absolute atomic E-state index is 8.93. The van der Waals surface area contributed by atoms with E-state index in [4.69, 9.17) is 20.0 Å². The molecule has 2 aromatic carbocycles. The van der Waals surface area contributed by atoms with Gasteiger partial charge < -0.3 is 9.47 Å². The topological polar surface area (TPSA) is 66.0 Å². The Bertz CT molecular complexity index is 778. The second-order valence-corrected chi connectivity index (χ2v) is 4.93. The maximum Gasteiger partial charge on any atom is 0.168 e. The summed E-state index contributed by atoms with van der Waals surface area (Å²) < 4.78 is 11.2. The van der Waals surface area contributed by atoms with Crippen LogP contribution < -0.4 is 9.47 Å². The highest BCUT2D eigenvalue weighted by Crippen LogP contribution is 2.33. The highest BCUT2D eigenvalue weighted by Gasteiger charge is 2.10. The highest BCUT2D eigenvalue weighted by atomic mass is 16.5. The molecule has 0 aliphatic heterocycles. The Morgan fingerprint density at radius 2 is 1.78 bits per heavy atom. The van der Waals surface area contributed by atoms with Crippen LogP contribution >= 0.6 is 0 Å². The molecule has 0 aliphatic rings. The van der Waals surface area contributed by atoms with Crippen LogP contribution in [0.1, 0.15) is 16.7 Å². The lowest BCUT2D eigenvalue weighted by atomic mass is 10.1. The molecule has 0 aliphatic carbocycles. The second kappa shape index (κ2) is 7.68. The summed E-state index contributed by atoms with van der Waals surface area (Å²) in [5, 5.41) is 17.9. The molecule has 0 radical (unpaired) electrons. The van der Waals surface area contributed by atoms with E-state index in [0.29, 0.717) is 23.7 Å². The first-order valence-electron chi connectivity index (χ1n) is 7.05. The molecule has 114 valence electrons. The number of para-hydroxylation sites is 1. The number of allylic oxidation sites excluding steroid dienone is 1. The standard InChI is InChI=1S/C19H16N2O2/c1-14-6-8-15(9-7-14)13-23-19-17(10-16(11-20)12-21)4-3-5-18(19)22-2/h3-10H,13H2,1-2H3. The van der Waals surface area contributed by atoms with Gasteiger partial charge in [0.05, 0.1) is 7.11 Å². The van der Waals surface area contributed by atoms with Gasteiger partial charge in [0, 0.05) is 5.56 Å². The summed E-state index contributed by atoms with van der Waals surface area (Å²) in [4.78, 5) is 0.